The molecule has 1 amide bonds. The van der Waals surface area contributed by atoms with Crippen molar-refractivity contribution in [2.75, 3.05) is 26.8 Å². The number of rotatable bonds is 4. The Morgan fingerprint density at radius 1 is 1.45 bits per heavy atom. The summed E-state index contributed by atoms with van der Waals surface area (Å²) in [5, 5.41) is 0. The fraction of sp³-hybridized carbons (Fsp3) is 0.562. The van der Waals surface area contributed by atoms with Gasteiger partial charge in [-0.15, -0.1) is 0 Å². The predicted molar refractivity (Wildman–Crippen MR) is 76.4 cm³/mol. The molecule has 122 valence electrons. The number of hydrogen-bond acceptors (Lipinski definition) is 2. The van der Waals surface area contributed by atoms with Crippen LogP contribution in [0, 0.1) is 5.92 Å². The number of ether oxygens (including phenoxy) is 1. The molecule has 0 aromatic heterocycles. The van der Waals surface area contributed by atoms with E-state index in [-0.39, 0.29) is 17.7 Å². The standard InChI is InChI=1S/C16H20F3NO2/c1-11(10-22-2)15(21)20-7-6-13(9-20)12-4-3-5-14(8-12)16(17,18)19/h3-5,8,11,13H,6-7,9-10H2,1-2H3/t11-,13+/m0/s1. The molecule has 0 saturated carbocycles. The number of methoxy groups -OCH3 is 1. The highest BCUT2D eigenvalue weighted by Crippen LogP contribution is 2.34. The first-order valence-electron chi connectivity index (χ1n) is 7.27. The quantitative estimate of drug-likeness (QED) is 0.853. The molecular formula is C16H20F3NO2. The Bertz CT molecular complexity index is 530. The van der Waals surface area contributed by atoms with Gasteiger partial charge in [-0.2, -0.15) is 13.2 Å². The van der Waals surface area contributed by atoms with Gasteiger partial charge < -0.3 is 9.64 Å². The summed E-state index contributed by atoms with van der Waals surface area (Å²) >= 11 is 0. The molecule has 0 bridgehead atoms. The van der Waals surface area contributed by atoms with Gasteiger partial charge in [0.2, 0.25) is 5.91 Å². The van der Waals surface area contributed by atoms with Gasteiger partial charge in [0.15, 0.2) is 0 Å². The van der Waals surface area contributed by atoms with Gasteiger partial charge in [-0.05, 0) is 18.1 Å². The van der Waals surface area contributed by atoms with Crippen molar-refractivity contribution >= 4 is 5.91 Å². The zero-order valence-electron chi connectivity index (χ0n) is 12.7. The summed E-state index contributed by atoms with van der Waals surface area (Å²) in [5.41, 5.74) is 0.00653. The Balaban J connectivity index is 2.06. The van der Waals surface area contributed by atoms with E-state index in [0.717, 1.165) is 6.07 Å². The molecule has 1 aromatic rings. The molecule has 1 saturated heterocycles. The van der Waals surface area contributed by atoms with Gasteiger partial charge in [0.05, 0.1) is 18.1 Å². The largest absolute Gasteiger partial charge is 0.416 e. The van der Waals surface area contributed by atoms with Crippen LogP contribution in [0.3, 0.4) is 0 Å². The minimum Gasteiger partial charge on any atom is -0.384 e. The Morgan fingerprint density at radius 3 is 2.82 bits per heavy atom. The molecule has 0 aliphatic carbocycles. The lowest BCUT2D eigenvalue weighted by atomic mass is 9.96. The monoisotopic (exact) mass is 315 g/mol. The second-order valence-corrected chi connectivity index (χ2v) is 5.75. The molecule has 2 atom stereocenters. The lowest BCUT2D eigenvalue weighted by Crippen LogP contribution is -2.34. The summed E-state index contributed by atoms with van der Waals surface area (Å²) in [6.07, 6.45) is -3.65. The average Bonchev–Trinajstić information content (AvgIpc) is 2.95. The third-order valence-corrected chi connectivity index (χ3v) is 4.02. The van der Waals surface area contributed by atoms with Crippen molar-refractivity contribution in [1.82, 2.24) is 4.90 Å². The van der Waals surface area contributed by atoms with E-state index in [2.05, 4.69) is 0 Å². The van der Waals surface area contributed by atoms with Gasteiger partial charge in [0, 0.05) is 26.1 Å². The maximum absolute atomic E-state index is 12.8. The van der Waals surface area contributed by atoms with Crippen molar-refractivity contribution in [3.8, 4) is 0 Å². The van der Waals surface area contributed by atoms with E-state index in [0.29, 0.717) is 31.7 Å². The molecule has 0 radical (unpaired) electrons. The molecule has 22 heavy (non-hydrogen) atoms. The molecule has 1 aromatic carbocycles. The molecule has 6 heteroatoms. The summed E-state index contributed by atoms with van der Waals surface area (Å²) in [4.78, 5) is 13.9. The fourth-order valence-electron chi connectivity index (χ4n) is 2.83. The second kappa shape index (κ2) is 6.69. The number of carbonyl (C=O) groups is 1. The maximum Gasteiger partial charge on any atom is 0.416 e. The predicted octanol–water partition coefficient (Wildman–Crippen LogP) is 3.30. The Hall–Kier alpha value is -1.56. The van der Waals surface area contributed by atoms with E-state index in [1.165, 1.54) is 12.1 Å². The van der Waals surface area contributed by atoms with Crippen LogP contribution < -0.4 is 0 Å². The first-order chi connectivity index (χ1) is 10.3. The maximum atomic E-state index is 12.8. The number of hydrogen-bond donors (Lipinski definition) is 0. The molecule has 1 fully saturated rings. The summed E-state index contributed by atoms with van der Waals surface area (Å²) < 4.78 is 43.3. The van der Waals surface area contributed by atoms with Crippen LogP contribution in [0.2, 0.25) is 0 Å². The van der Waals surface area contributed by atoms with E-state index in [1.54, 1.807) is 25.0 Å². The topological polar surface area (TPSA) is 29.5 Å². The smallest absolute Gasteiger partial charge is 0.384 e. The van der Waals surface area contributed by atoms with Crippen LogP contribution in [0.4, 0.5) is 13.2 Å². The lowest BCUT2D eigenvalue weighted by Gasteiger charge is -2.21. The highest BCUT2D eigenvalue weighted by atomic mass is 19.4. The van der Waals surface area contributed by atoms with Crippen molar-refractivity contribution in [2.24, 2.45) is 5.92 Å². The first kappa shape index (κ1) is 16.8. The molecule has 1 heterocycles. The Kier molecular flexibility index (Phi) is 5.11. The van der Waals surface area contributed by atoms with Crippen molar-refractivity contribution in [1.29, 1.82) is 0 Å². The molecular weight excluding hydrogens is 295 g/mol. The van der Waals surface area contributed by atoms with Crippen molar-refractivity contribution < 1.29 is 22.7 Å². The normalized spacial score (nSPS) is 20.2. The zero-order valence-corrected chi connectivity index (χ0v) is 12.7. The summed E-state index contributed by atoms with van der Waals surface area (Å²) in [6.45, 7) is 3.19. The third kappa shape index (κ3) is 3.80. The highest BCUT2D eigenvalue weighted by Gasteiger charge is 2.33. The average molecular weight is 315 g/mol. The zero-order chi connectivity index (χ0) is 16.3. The van der Waals surface area contributed by atoms with E-state index in [9.17, 15) is 18.0 Å². The van der Waals surface area contributed by atoms with E-state index in [1.807, 2.05) is 0 Å². The minimum atomic E-state index is -4.34. The number of carbonyl (C=O) groups excluding carboxylic acids is 1. The fourth-order valence-corrected chi connectivity index (χ4v) is 2.83. The molecule has 3 nitrogen and oxygen atoms in total. The number of likely N-dealkylation sites (tertiary alicyclic amines) is 1. The lowest BCUT2D eigenvalue weighted by molar-refractivity contribution is -0.138. The van der Waals surface area contributed by atoms with E-state index in [4.69, 9.17) is 4.74 Å². The molecule has 1 aliphatic heterocycles. The highest BCUT2D eigenvalue weighted by molar-refractivity contribution is 5.79. The molecule has 2 rings (SSSR count). The molecule has 0 N–H and O–H groups in total. The molecule has 1 aliphatic rings. The van der Waals surface area contributed by atoms with Crippen LogP contribution in [0.5, 0.6) is 0 Å². The van der Waals surface area contributed by atoms with Crippen LogP contribution >= 0.6 is 0 Å². The van der Waals surface area contributed by atoms with Crippen LogP contribution in [0.1, 0.15) is 30.4 Å². The second-order valence-electron chi connectivity index (χ2n) is 5.75. The summed E-state index contributed by atoms with van der Waals surface area (Å²) in [5.74, 6) is -0.275. The third-order valence-electron chi connectivity index (χ3n) is 4.02. The molecule has 0 unspecified atom stereocenters. The summed E-state index contributed by atoms with van der Waals surface area (Å²) in [6, 6.07) is 5.39. The molecule has 0 spiro atoms. The first-order valence-corrected chi connectivity index (χ1v) is 7.27. The van der Waals surface area contributed by atoms with Gasteiger partial charge in [0.25, 0.3) is 0 Å². The van der Waals surface area contributed by atoms with Gasteiger partial charge >= 0.3 is 6.18 Å². The van der Waals surface area contributed by atoms with Crippen molar-refractivity contribution in [2.45, 2.75) is 25.4 Å². The Labute approximate surface area is 128 Å². The number of halogens is 3. The number of nitrogens with zero attached hydrogens (tertiary/aromatic N) is 1. The van der Waals surface area contributed by atoms with E-state index >= 15 is 0 Å². The van der Waals surface area contributed by atoms with Gasteiger partial charge in [0.1, 0.15) is 0 Å². The van der Waals surface area contributed by atoms with Gasteiger partial charge in [-0.3, -0.25) is 4.79 Å². The van der Waals surface area contributed by atoms with Crippen LogP contribution in [-0.4, -0.2) is 37.6 Å². The van der Waals surface area contributed by atoms with Crippen molar-refractivity contribution in [3.63, 3.8) is 0 Å². The van der Waals surface area contributed by atoms with Crippen molar-refractivity contribution in [3.05, 3.63) is 35.4 Å². The van der Waals surface area contributed by atoms with Gasteiger partial charge in [-0.25, -0.2) is 0 Å². The number of alkyl halides is 3. The van der Waals surface area contributed by atoms with Crippen LogP contribution in [0.15, 0.2) is 24.3 Å². The van der Waals surface area contributed by atoms with Crippen LogP contribution in [-0.2, 0) is 15.7 Å². The Morgan fingerprint density at radius 2 is 2.18 bits per heavy atom. The minimum absolute atomic E-state index is 0.00340. The number of amides is 1. The van der Waals surface area contributed by atoms with E-state index < -0.39 is 11.7 Å². The van der Waals surface area contributed by atoms with Gasteiger partial charge in [-0.1, -0.05) is 25.1 Å². The number of benzene rings is 1. The SMILES string of the molecule is COC[C@H](C)C(=O)N1CC[C@@H](c2cccc(C(F)(F)F)c2)C1. The van der Waals surface area contributed by atoms with Crippen LogP contribution in [0.25, 0.3) is 0 Å². The summed E-state index contributed by atoms with van der Waals surface area (Å²) in [7, 11) is 1.54.